The molecule has 4 fully saturated rings. The maximum Gasteiger partial charge on any atom is 0.312 e. The molecule has 4 rings (SSSR count). The number of esters is 1. The molecular weight excluding hydrogens is 244 g/mol. The van der Waals surface area contributed by atoms with Crippen LogP contribution in [0.4, 0.5) is 0 Å². The average molecular weight is 268 g/mol. The van der Waals surface area contributed by atoms with Crippen molar-refractivity contribution in [2.45, 2.75) is 76.1 Å². The lowest BCUT2D eigenvalue weighted by molar-refractivity contribution is -0.241. The second kappa shape index (κ2) is 3.53. The third-order valence-electron chi connectivity index (χ3n) is 4.84. The third kappa shape index (κ3) is 2.19. The quantitative estimate of drug-likeness (QED) is 0.711. The first-order chi connectivity index (χ1) is 8.53. The fraction of sp³-hybridized carbons (Fsp3) is 0.933. The Bertz CT molecular complexity index is 404. The molecule has 4 heteroatoms. The molecule has 0 radical (unpaired) electrons. The topological polar surface area (TPSA) is 66.8 Å². The Morgan fingerprint density at radius 2 is 1.58 bits per heavy atom. The van der Waals surface area contributed by atoms with Gasteiger partial charge in [0.25, 0.3) is 0 Å². The molecular formula is C15H24O4. The Kier molecular flexibility index (Phi) is 2.48. The summed E-state index contributed by atoms with van der Waals surface area (Å²) in [7, 11) is 0. The molecule has 4 aliphatic rings. The van der Waals surface area contributed by atoms with Gasteiger partial charge in [-0.25, -0.2) is 0 Å². The van der Waals surface area contributed by atoms with Crippen molar-refractivity contribution in [2.24, 2.45) is 11.3 Å². The lowest BCUT2D eigenvalue weighted by atomic mass is 9.46. The lowest BCUT2D eigenvalue weighted by Gasteiger charge is -2.62. The van der Waals surface area contributed by atoms with E-state index < -0.39 is 22.2 Å². The Balaban J connectivity index is 1.90. The standard InChI is InChI=1S/C15H24O4/c1-12(2,3)19-11(16)13-4-10-5-14(17,7-13)9-15(18,6-10)8-13/h10,17-18H,4-9H2,1-3H3. The van der Waals surface area contributed by atoms with Gasteiger partial charge in [0.05, 0.1) is 16.6 Å². The fourth-order valence-corrected chi connectivity index (χ4v) is 4.95. The first kappa shape index (κ1) is 13.4. The Morgan fingerprint density at radius 3 is 2.00 bits per heavy atom. The first-order valence-corrected chi connectivity index (χ1v) is 7.22. The highest BCUT2D eigenvalue weighted by Crippen LogP contribution is 2.63. The molecule has 4 bridgehead atoms. The van der Waals surface area contributed by atoms with E-state index in [9.17, 15) is 15.0 Å². The first-order valence-electron chi connectivity index (χ1n) is 7.22. The zero-order chi connectivity index (χ0) is 14.1. The highest BCUT2D eigenvalue weighted by molar-refractivity contribution is 5.78. The SMILES string of the molecule is CC(C)(C)OC(=O)C12CC3CC(O)(CC(O)(C3)C1)C2. The van der Waals surface area contributed by atoms with Crippen LogP contribution in [-0.2, 0) is 9.53 Å². The van der Waals surface area contributed by atoms with Gasteiger partial charge in [-0.2, -0.15) is 0 Å². The van der Waals surface area contributed by atoms with Crippen molar-refractivity contribution in [3.8, 4) is 0 Å². The molecule has 0 amide bonds. The van der Waals surface area contributed by atoms with Crippen LogP contribution in [0.1, 0.15) is 59.3 Å². The molecule has 4 aliphatic carbocycles. The summed E-state index contributed by atoms with van der Waals surface area (Å²) in [6.45, 7) is 5.57. The van der Waals surface area contributed by atoms with E-state index >= 15 is 0 Å². The van der Waals surface area contributed by atoms with Crippen molar-refractivity contribution in [3.63, 3.8) is 0 Å². The summed E-state index contributed by atoms with van der Waals surface area (Å²) < 4.78 is 5.55. The van der Waals surface area contributed by atoms with Crippen LogP contribution < -0.4 is 0 Å². The van der Waals surface area contributed by atoms with Gasteiger partial charge in [0, 0.05) is 6.42 Å². The zero-order valence-electron chi connectivity index (χ0n) is 12.0. The number of hydrogen-bond acceptors (Lipinski definition) is 4. The summed E-state index contributed by atoms with van der Waals surface area (Å²) in [4.78, 5) is 12.6. The number of rotatable bonds is 1. The predicted octanol–water partition coefficient (Wildman–Crippen LogP) is 1.77. The van der Waals surface area contributed by atoms with Crippen LogP contribution in [0.3, 0.4) is 0 Å². The molecule has 0 heterocycles. The van der Waals surface area contributed by atoms with Gasteiger partial charge in [-0.15, -0.1) is 0 Å². The largest absolute Gasteiger partial charge is 0.460 e. The molecule has 2 atom stereocenters. The van der Waals surface area contributed by atoms with Gasteiger partial charge in [0.15, 0.2) is 0 Å². The third-order valence-corrected chi connectivity index (χ3v) is 4.84. The second-order valence-electron chi connectivity index (χ2n) is 8.24. The summed E-state index contributed by atoms with van der Waals surface area (Å²) in [6, 6.07) is 0. The summed E-state index contributed by atoms with van der Waals surface area (Å²) in [6.07, 6.45) is 3.52. The number of carbonyl (C=O) groups excluding carboxylic acids is 1. The van der Waals surface area contributed by atoms with E-state index in [1.807, 2.05) is 20.8 Å². The summed E-state index contributed by atoms with van der Waals surface area (Å²) in [5, 5.41) is 21.2. The molecule has 4 nitrogen and oxygen atoms in total. The highest BCUT2D eigenvalue weighted by atomic mass is 16.6. The maximum absolute atomic E-state index is 12.6. The van der Waals surface area contributed by atoms with Crippen molar-refractivity contribution < 1.29 is 19.7 Å². The van der Waals surface area contributed by atoms with Crippen LogP contribution in [0.5, 0.6) is 0 Å². The molecule has 0 aromatic heterocycles. The molecule has 0 saturated heterocycles. The minimum atomic E-state index is -0.870. The minimum absolute atomic E-state index is 0.235. The average Bonchev–Trinajstić information content (AvgIpc) is 2.07. The summed E-state index contributed by atoms with van der Waals surface area (Å²) in [5.41, 5.74) is -2.93. The van der Waals surface area contributed by atoms with E-state index in [1.54, 1.807) is 0 Å². The molecule has 0 aromatic rings. The molecule has 19 heavy (non-hydrogen) atoms. The minimum Gasteiger partial charge on any atom is -0.460 e. The van der Waals surface area contributed by atoms with E-state index in [4.69, 9.17) is 4.74 Å². The van der Waals surface area contributed by atoms with E-state index in [0.717, 1.165) is 19.3 Å². The van der Waals surface area contributed by atoms with Crippen molar-refractivity contribution >= 4 is 5.97 Å². The molecule has 4 saturated carbocycles. The fourth-order valence-electron chi connectivity index (χ4n) is 4.95. The van der Waals surface area contributed by atoms with Gasteiger partial charge >= 0.3 is 5.97 Å². The lowest BCUT2D eigenvalue weighted by Crippen LogP contribution is -2.65. The van der Waals surface area contributed by atoms with Crippen molar-refractivity contribution in [1.82, 2.24) is 0 Å². The van der Waals surface area contributed by atoms with Gasteiger partial charge in [-0.05, 0) is 58.8 Å². The van der Waals surface area contributed by atoms with Crippen LogP contribution >= 0.6 is 0 Å². The van der Waals surface area contributed by atoms with Crippen molar-refractivity contribution in [2.75, 3.05) is 0 Å². The number of carbonyl (C=O) groups is 1. The van der Waals surface area contributed by atoms with E-state index in [-0.39, 0.29) is 11.9 Å². The van der Waals surface area contributed by atoms with Crippen LogP contribution in [0.2, 0.25) is 0 Å². The Morgan fingerprint density at radius 1 is 1.05 bits per heavy atom. The van der Waals surface area contributed by atoms with Crippen LogP contribution in [0, 0.1) is 11.3 Å². The maximum atomic E-state index is 12.6. The van der Waals surface area contributed by atoms with Crippen molar-refractivity contribution in [3.05, 3.63) is 0 Å². The number of ether oxygens (including phenoxy) is 1. The van der Waals surface area contributed by atoms with Crippen LogP contribution in [0.25, 0.3) is 0 Å². The second-order valence-corrected chi connectivity index (χ2v) is 8.24. The highest BCUT2D eigenvalue weighted by Gasteiger charge is 2.66. The number of hydrogen-bond donors (Lipinski definition) is 2. The van der Waals surface area contributed by atoms with E-state index in [1.165, 1.54) is 0 Å². The molecule has 2 unspecified atom stereocenters. The van der Waals surface area contributed by atoms with Gasteiger partial charge in [0.2, 0.25) is 0 Å². The Hall–Kier alpha value is -0.610. The Labute approximate surface area is 114 Å². The van der Waals surface area contributed by atoms with Crippen molar-refractivity contribution in [1.29, 1.82) is 0 Å². The summed E-state index contributed by atoms with van der Waals surface area (Å²) >= 11 is 0. The summed E-state index contributed by atoms with van der Waals surface area (Å²) in [5.74, 6) is 0.0136. The number of aliphatic hydroxyl groups is 2. The van der Waals surface area contributed by atoms with Gasteiger partial charge in [0.1, 0.15) is 5.60 Å². The van der Waals surface area contributed by atoms with E-state index in [2.05, 4.69) is 0 Å². The molecule has 0 aromatic carbocycles. The predicted molar refractivity (Wildman–Crippen MR) is 69.4 cm³/mol. The zero-order valence-corrected chi connectivity index (χ0v) is 12.0. The van der Waals surface area contributed by atoms with Crippen LogP contribution in [0.15, 0.2) is 0 Å². The molecule has 0 aliphatic heterocycles. The van der Waals surface area contributed by atoms with E-state index in [0.29, 0.717) is 19.3 Å². The molecule has 108 valence electrons. The van der Waals surface area contributed by atoms with Crippen LogP contribution in [-0.4, -0.2) is 33.0 Å². The monoisotopic (exact) mass is 268 g/mol. The normalized spacial score (nSPS) is 48.4. The van der Waals surface area contributed by atoms with Gasteiger partial charge in [-0.1, -0.05) is 0 Å². The van der Waals surface area contributed by atoms with Gasteiger partial charge < -0.3 is 14.9 Å². The van der Waals surface area contributed by atoms with Gasteiger partial charge in [-0.3, -0.25) is 4.79 Å². The molecule has 0 spiro atoms. The molecule has 2 N–H and O–H groups in total. The smallest absolute Gasteiger partial charge is 0.312 e.